The summed E-state index contributed by atoms with van der Waals surface area (Å²) in [6.45, 7) is 0.619. The van der Waals surface area contributed by atoms with E-state index in [1.165, 1.54) is 18.2 Å². The molecule has 166 valence electrons. The second-order valence-corrected chi connectivity index (χ2v) is 9.48. The summed E-state index contributed by atoms with van der Waals surface area (Å²) in [4.78, 5) is 19.3. The molecule has 1 aliphatic heterocycles. The number of rotatable bonds is 3. The van der Waals surface area contributed by atoms with Gasteiger partial charge in [0, 0.05) is 17.8 Å². The molecular formula is C23H21ClF2N4O2. The molecule has 4 atom stereocenters. The highest BCUT2D eigenvalue weighted by atomic mass is 35.5. The molecule has 3 heterocycles. The van der Waals surface area contributed by atoms with E-state index in [0.29, 0.717) is 36.1 Å². The van der Waals surface area contributed by atoms with Crippen LogP contribution >= 0.6 is 11.6 Å². The number of fused-ring (bicyclic) bond motifs is 5. The van der Waals surface area contributed by atoms with Gasteiger partial charge in [-0.2, -0.15) is 5.10 Å². The maximum atomic E-state index is 14.9. The van der Waals surface area contributed by atoms with E-state index in [9.17, 15) is 13.6 Å². The van der Waals surface area contributed by atoms with Crippen molar-refractivity contribution in [3.05, 3.63) is 58.3 Å². The standard InChI is InChI=1S/C23H21ClF2N4O2/c24-14-8-27-22-17-10-29(11-18(17)28-30(22)9-14)23(31)16-4-3-15(25)7-19(16)32-20-6-12-1-2-13(5-12)21(20)26/h3-4,7-9,12-13,20-21H,1-2,5-6,10-11H2/t12?,13?,20-,21-/m0/s1. The van der Waals surface area contributed by atoms with Gasteiger partial charge in [0.05, 0.1) is 35.6 Å². The first-order valence-corrected chi connectivity index (χ1v) is 11.3. The van der Waals surface area contributed by atoms with Crippen LogP contribution in [0.5, 0.6) is 5.75 Å². The number of benzene rings is 1. The van der Waals surface area contributed by atoms with Crippen LogP contribution < -0.4 is 4.74 Å². The Morgan fingerprint density at radius 2 is 2.09 bits per heavy atom. The molecule has 0 radical (unpaired) electrons. The summed E-state index contributed by atoms with van der Waals surface area (Å²) >= 11 is 5.98. The summed E-state index contributed by atoms with van der Waals surface area (Å²) in [5, 5.41) is 4.95. The maximum Gasteiger partial charge on any atom is 0.258 e. The lowest BCUT2D eigenvalue weighted by Crippen LogP contribution is -2.38. The molecule has 0 N–H and O–H groups in total. The Morgan fingerprint density at radius 1 is 1.22 bits per heavy atom. The van der Waals surface area contributed by atoms with Crippen LogP contribution in [-0.2, 0) is 13.1 Å². The Morgan fingerprint density at radius 3 is 2.97 bits per heavy atom. The molecule has 32 heavy (non-hydrogen) atoms. The first kappa shape index (κ1) is 19.9. The monoisotopic (exact) mass is 458 g/mol. The van der Waals surface area contributed by atoms with E-state index < -0.39 is 18.1 Å². The molecule has 2 bridgehead atoms. The molecule has 6 rings (SSSR count). The molecule has 2 saturated carbocycles. The zero-order valence-electron chi connectivity index (χ0n) is 17.2. The van der Waals surface area contributed by atoms with Gasteiger partial charge in [0.15, 0.2) is 5.65 Å². The van der Waals surface area contributed by atoms with Crippen LogP contribution in [0.2, 0.25) is 5.02 Å². The summed E-state index contributed by atoms with van der Waals surface area (Å²) in [7, 11) is 0. The van der Waals surface area contributed by atoms with Gasteiger partial charge in [-0.25, -0.2) is 18.3 Å². The van der Waals surface area contributed by atoms with Crippen molar-refractivity contribution < 1.29 is 18.3 Å². The molecule has 2 aliphatic carbocycles. The van der Waals surface area contributed by atoms with Gasteiger partial charge < -0.3 is 9.64 Å². The number of nitrogens with zero attached hydrogens (tertiary/aromatic N) is 4. The number of amides is 1. The van der Waals surface area contributed by atoms with E-state index in [-0.39, 0.29) is 23.1 Å². The minimum absolute atomic E-state index is 0.00241. The smallest absolute Gasteiger partial charge is 0.258 e. The molecule has 1 amide bonds. The summed E-state index contributed by atoms with van der Waals surface area (Å²) in [6.07, 6.45) is 4.84. The molecule has 2 fully saturated rings. The number of alkyl halides is 1. The SMILES string of the molecule is O=C(c1ccc(F)cc1O[C@H]1CC2CCC(C2)[C@@H]1F)N1Cc2nn3cc(Cl)cnc3c2C1. The van der Waals surface area contributed by atoms with E-state index in [2.05, 4.69) is 10.1 Å². The Bertz CT molecular complexity index is 1230. The number of ether oxygens (including phenoxy) is 1. The number of hydrogen-bond acceptors (Lipinski definition) is 4. The average molecular weight is 459 g/mol. The van der Waals surface area contributed by atoms with Crippen molar-refractivity contribution in [1.29, 1.82) is 0 Å². The van der Waals surface area contributed by atoms with E-state index in [1.54, 1.807) is 21.8 Å². The lowest BCUT2D eigenvalue weighted by atomic mass is 9.85. The Labute approximate surface area is 188 Å². The van der Waals surface area contributed by atoms with Crippen molar-refractivity contribution >= 4 is 23.2 Å². The zero-order chi connectivity index (χ0) is 22.0. The van der Waals surface area contributed by atoms with E-state index in [0.717, 1.165) is 30.5 Å². The number of halogens is 3. The number of hydrogen-bond donors (Lipinski definition) is 0. The van der Waals surface area contributed by atoms with Crippen LogP contribution in [0, 0.1) is 17.7 Å². The highest BCUT2D eigenvalue weighted by Gasteiger charge is 2.44. The molecule has 2 aromatic heterocycles. The van der Waals surface area contributed by atoms with Crippen LogP contribution in [0.1, 0.15) is 47.3 Å². The Hall–Kier alpha value is -2.74. The second kappa shape index (κ2) is 7.40. The number of aromatic nitrogens is 3. The highest BCUT2D eigenvalue weighted by molar-refractivity contribution is 6.30. The van der Waals surface area contributed by atoms with E-state index in [1.807, 2.05) is 0 Å². The van der Waals surface area contributed by atoms with Crippen molar-refractivity contribution in [2.45, 2.75) is 51.0 Å². The molecule has 3 aliphatic rings. The third-order valence-electron chi connectivity index (χ3n) is 7.00. The third kappa shape index (κ3) is 3.23. The number of carbonyl (C=O) groups is 1. The highest BCUT2D eigenvalue weighted by Crippen LogP contribution is 2.45. The van der Waals surface area contributed by atoms with Crippen LogP contribution in [-0.4, -0.2) is 37.7 Å². The van der Waals surface area contributed by atoms with Gasteiger partial charge in [-0.1, -0.05) is 11.6 Å². The normalized spacial score (nSPS) is 26.5. The molecule has 1 aromatic carbocycles. The minimum Gasteiger partial charge on any atom is -0.486 e. The van der Waals surface area contributed by atoms with Crippen LogP contribution in [0.25, 0.3) is 5.65 Å². The predicted molar refractivity (Wildman–Crippen MR) is 113 cm³/mol. The molecule has 9 heteroatoms. The molecule has 2 unspecified atom stereocenters. The minimum atomic E-state index is -1.09. The predicted octanol–water partition coefficient (Wildman–Crippen LogP) is 4.58. The zero-order valence-corrected chi connectivity index (χ0v) is 17.9. The van der Waals surface area contributed by atoms with Gasteiger partial charge in [-0.05, 0) is 49.7 Å². The van der Waals surface area contributed by atoms with Crippen molar-refractivity contribution in [2.75, 3.05) is 0 Å². The van der Waals surface area contributed by atoms with Crippen molar-refractivity contribution in [1.82, 2.24) is 19.5 Å². The van der Waals surface area contributed by atoms with Gasteiger partial charge in [0.25, 0.3) is 5.91 Å². The van der Waals surface area contributed by atoms with E-state index >= 15 is 0 Å². The first-order chi connectivity index (χ1) is 15.5. The first-order valence-electron chi connectivity index (χ1n) is 10.9. The molecule has 0 saturated heterocycles. The fraction of sp³-hybridized carbons (Fsp3) is 0.435. The molecule has 0 spiro atoms. The Balaban J connectivity index is 1.26. The summed E-state index contributed by atoms with van der Waals surface area (Å²) in [6, 6.07) is 3.83. The van der Waals surface area contributed by atoms with Gasteiger partial charge in [0.2, 0.25) is 0 Å². The summed E-state index contributed by atoms with van der Waals surface area (Å²) in [5.41, 5.74) is 2.47. The van der Waals surface area contributed by atoms with E-state index in [4.69, 9.17) is 16.3 Å². The lowest BCUT2D eigenvalue weighted by molar-refractivity contribution is 0.0244. The van der Waals surface area contributed by atoms with Crippen LogP contribution in [0.15, 0.2) is 30.6 Å². The van der Waals surface area contributed by atoms with Gasteiger partial charge in [-0.15, -0.1) is 0 Å². The third-order valence-corrected chi connectivity index (χ3v) is 7.20. The molecule has 6 nitrogen and oxygen atoms in total. The fourth-order valence-electron chi connectivity index (χ4n) is 5.46. The van der Waals surface area contributed by atoms with Crippen molar-refractivity contribution in [3.8, 4) is 5.75 Å². The second-order valence-electron chi connectivity index (χ2n) is 9.04. The number of carbonyl (C=O) groups excluding carboxylic acids is 1. The average Bonchev–Trinajstić information content (AvgIpc) is 3.44. The topological polar surface area (TPSA) is 59.7 Å². The summed E-state index contributed by atoms with van der Waals surface area (Å²) < 4.78 is 36.6. The summed E-state index contributed by atoms with van der Waals surface area (Å²) in [5.74, 6) is -0.283. The quantitative estimate of drug-likeness (QED) is 0.576. The molecule has 3 aromatic rings. The van der Waals surface area contributed by atoms with Crippen LogP contribution in [0.4, 0.5) is 8.78 Å². The lowest BCUT2D eigenvalue weighted by Gasteiger charge is -2.32. The van der Waals surface area contributed by atoms with Crippen LogP contribution in [0.3, 0.4) is 0 Å². The van der Waals surface area contributed by atoms with Gasteiger partial charge in [0.1, 0.15) is 23.8 Å². The Kier molecular flexibility index (Phi) is 4.61. The van der Waals surface area contributed by atoms with Gasteiger partial charge >= 0.3 is 0 Å². The molecular weight excluding hydrogens is 438 g/mol. The van der Waals surface area contributed by atoms with Crippen molar-refractivity contribution in [2.24, 2.45) is 11.8 Å². The van der Waals surface area contributed by atoms with Crippen molar-refractivity contribution in [3.63, 3.8) is 0 Å². The largest absolute Gasteiger partial charge is 0.486 e. The van der Waals surface area contributed by atoms with Gasteiger partial charge in [-0.3, -0.25) is 4.79 Å². The maximum absolute atomic E-state index is 14.9. The fourth-order valence-corrected chi connectivity index (χ4v) is 5.60.